The third-order valence-electron chi connectivity index (χ3n) is 3.75. The van der Waals surface area contributed by atoms with Gasteiger partial charge in [-0.25, -0.2) is 4.98 Å². The largest absolute Gasteiger partial charge is 0.462 e. The second kappa shape index (κ2) is 6.41. The SMILES string of the molecule is O=C(Cc1csc(-c2ccco2)n1)N1CCCC(CO)C1. The van der Waals surface area contributed by atoms with Crippen LogP contribution < -0.4 is 0 Å². The third kappa shape index (κ3) is 3.33. The summed E-state index contributed by atoms with van der Waals surface area (Å²) >= 11 is 1.49. The van der Waals surface area contributed by atoms with Gasteiger partial charge in [-0.05, 0) is 30.9 Å². The van der Waals surface area contributed by atoms with Crippen LogP contribution in [-0.2, 0) is 11.2 Å². The first kappa shape index (κ1) is 14.3. The van der Waals surface area contributed by atoms with Crippen LogP contribution in [0.4, 0.5) is 0 Å². The molecule has 1 aliphatic heterocycles. The van der Waals surface area contributed by atoms with Crippen molar-refractivity contribution < 1.29 is 14.3 Å². The van der Waals surface area contributed by atoms with E-state index in [2.05, 4.69) is 4.98 Å². The molecule has 1 fully saturated rings. The first-order chi connectivity index (χ1) is 10.3. The van der Waals surface area contributed by atoms with Crippen LogP contribution in [-0.4, -0.2) is 40.6 Å². The molecule has 1 amide bonds. The van der Waals surface area contributed by atoms with Gasteiger partial charge in [0.05, 0.1) is 18.4 Å². The van der Waals surface area contributed by atoms with Gasteiger partial charge in [-0.2, -0.15) is 0 Å². The Hall–Kier alpha value is -1.66. The third-order valence-corrected chi connectivity index (χ3v) is 4.65. The molecule has 5 nitrogen and oxygen atoms in total. The maximum atomic E-state index is 12.3. The zero-order valence-electron chi connectivity index (χ0n) is 11.7. The van der Waals surface area contributed by atoms with Crippen LogP contribution in [0.25, 0.3) is 10.8 Å². The van der Waals surface area contributed by atoms with Crippen LogP contribution in [0.3, 0.4) is 0 Å². The van der Waals surface area contributed by atoms with Crippen molar-refractivity contribution in [2.45, 2.75) is 19.3 Å². The zero-order valence-corrected chi connectivity index (χ0v) is 12.5. The minimum atomic E-state index is 0.0874. The molecule has 0 spiro atoms. The smallest absolute Gasteiger partial charge is 0.228 e. The Bertz CT molecular complexity index is 594. The highest BCUT2D eigenvalue weighted by atomic mass is 32.1. The van der Waals surface area contributed by atoms with E-state index < -0.39 is 0 Å². The second-order valence-corrected chi connectivity index (χ2v) is 6.19. The van der Waals surface area contributed by atoms with Crippen molar-refractivity contribution in [3.8, 4) is 10.8 Å². The predicted molar refractivity (Wildman–Crippen MR) is 79.9 cm³/mol. The number of amides is 1. The second-order valence-electron chi connectivity index (χ2n) is 5.33. The molecule has 0 bridgehead atoms. The number of furan rings is 1. The van der Waals surface area contributed by atoms with Gasteiger partial charge in [-0.1, -0.05) is 0 Å². The number of aliphatic hydroxyl groups is 1. The molecule has 112 valence electrons. The topological polar surface area (TPSA) is 66.6 Å². The monoisotopic (exact) mass is 306 g/mol. The Labute approximate surface area is 127 Å². The number of likely N-dealkylation sites (tertiary alicyclic amines) is 1. The Kier molecular flexibility index (Phi) is 4.36. The van der Waals surface area contributed by atoms with Gasteiger partial charge in [-0.3, -0.25) is 4.79 Å². The van der Waals surface area contributed by atoms with Gasteiger partial charge in [0, 0.05) is 25.1 Å². The van der Waals surface area contributed by atoms with E-state index in [-0.39, 0.29) is 18.4 Å². The van der Waals surface area contributed by atoms with Gasteiger partial charge in [0.15, 0.2) is 10.8 Å². The summed E-state index contributed by atoms with van der Waals surface area (Å²) in [5, 5.41) is 11.9. The lowest BCUT2D eigenvalue weighted by Crippen LogP contribution is -2.41. The van der Waals surface area contributed by atoms with E-state index in [1.807, 2.05) is 22.4 Å². The Morgan fingerprint density at radius 3 is 3.24 bits per heavy atom. The lowest BCUT2D eigenvalue weighted by atomic mass is 9.99. The predicted octanol–water partition coefficient (Wildman–Crippen LogP) is 2.18. The van der Waals surface area contributed by atoms with Crippen LogP contribution in [0.15, 0.2) is 28.2 Å². The standard InChI is InChI=1S/C15H18N2O3S/c18-9-11-3-1-5-17(8-11)14(19)7-12-10-21-15(16-12)13-4-2-6-20-13/h2,4,6,10-11,18H,1,3,5,7-9H2. The van der Waals surface area contributed by atoms with E-state index in [0.717, 1.165) is 35.8 Å². The summed E-state index contributed by atoms with van der Waals surface area (Å²) in [4.78, 5) is 18.6. The number of piperidine rings is 1. The Morgan fingerprint density at radius 1 is 1.57 bits per heavy atom. The fourth-order valence-corrected chi connectivity index (χ4v) is 3.39. The number of nitrogens with zero attached hydrogens (tertiary/aromatic N) is 2. The van der Waals surface area contributed by atoms with Crippen molar-refractivity contribution in [1.29, 1.82) is 0 Å². The van der Waals surface area contributed by atoms with Crippen LogP contribution >= 0.6 is 11.3 Å². The van der Waals surface area contributed by atoms with Crippen molar-refractivity contribution in [2.75, 3.05) is 19.7 Å². The molecule has 0 saturated carbocycles. The lowest BCUT2D eigenvalue weighted by Gasteiger charge is -2.31. The van der Waals surface area contributed by atoms with Crippen LogP contribution in [0.5, 0.6) is 0 Å². The minimum absolute atomic E-state index is 0.0874. The molecule has 1 unspecified atom stereocenters. The summed E-state index contributed by atoms with van der Waals surface area (Å²) < 4.78 is 5.31. The summed E-state index contributed by atoms with van der Waals surface area (Å²) in [7, 11) is 0. The molecule has 1 atom stereocenters. The molecule has 0 aliphatic carbocycles. The van der Waals surface area contributed by atoms with Crippen molar-refractivity contribution >= 4 is 17.2 Å². The molecule has 1 aliphatic rings. The molecule has 21 heavy (non-hydrogen) atoms. The Morgan fingerprint density at radius 2 is 2.48 bits per heavy atom. The first-order valence-electron chi connectivity index (χ1n) is 7.13. The quantitative estimate of drug-likeness (QED) is 0.940. The fourth-order valence-electron chi connectivity index (χ4n) is 2.61. The minimum Gasteiger partial charge on any atom is -0.462 e. The average molecular weight is 306 g/mol. The van der Waals surface area contributed by atoms with Gasteiger partial charge in [0.2, 0.25) is 5.91 Å². The van der Waals surface area contributed by atoms with E-state index in [1.165, 1.54) is 11.3 Å². The molecule has 6 heteroatoms. The molecular formula is C15H18N2O3S. The van der Waals surface area contributed by atoms with Gasteiger partial charge in [0.1, 0.15) is 0 Å². The summed E-state index contributed by atoms with van der Waals surface area (Å²) in [6, 6.07) is 3.69. The fraction of sp³-hybridized carbons (Fsp3) is 0.467. The van der Waals surface area contributed by atoms with Crippen LogP contribution in [0, 0.1) is 5.92 Å². The highest BCUT2D eigenvalue weighted by Crippen LogP contribution is 2.24. The number of hydrogen-bond acceptors (Lipinski definition) is 5. The van der Waals surface area contributed by atoms with Gasteiger partial charge < -0.3 is 14.4 Å². The van der Waals surface area contributed by atoms with Crippen molar-refractivity contribution in [1.82, 2.24) is 9.88 Å². The summed E-state index contributed by atoms with van der Waals surface area (Å²) in [6.45, 7) is 1.60. The number of aliphatic hydroxyl groups excluding tert-OH is 1. The van der Waals surface area contributed by atoms with E-state index in [0.29, 0.717) is 13.0 Å². The van der Waals surface area contributed by atoms with Gasteiger partial charge in [-0.15, -0.1) is 11.3 Å². The number of rotatable bonds is 4. The van der Waals surface area contributed by atoms with Crippen LogP contribution in [0.1, 0.15) is 18.5 Å². The summed E-state index contributed by atoms with van der Waals surface area (Å²) in [5.41, 5.74) is 0.780. The summed E-state index contributed by atoms with van der Waals surface area (Å²) in [5.74, 6) is 1.04. The van der Waals surface area contributed by atoms with Crippen molar-refractivity contribution in [3.05, 3.63) is 29.5 Å². The van der Waals surface area contributed by atoms with E-state index in [9.17, 15) is 9.90 Å². The highest BCUT2D eigenvalue weighted by molar-refractivity contribution is 7.13. The molecule has 2 aromatic rings. The van der Waals surface area contributed by atoms with Gasteiger partial charge >= 0.3 is 0 Å². The molecule has 3 heterocycles. The lowest BCUT2D eigenvalue weighted by molar-refractivity contribution is -0.132. The maximum absolute atomic E-state index is 12.3. The van der Waals surface area contributed by atoms with E-state index in [4.69, 9.17) is 4.42 Å². The van der Waals surface area contributed by atoms with Crippen molar-refractivity contribution in [2.24, 2.45) is 5.92 Å². The summed E-state index contributed by atoms with van der Waals surface area (Å²) in [6.07, 6.45) is 3.89. The first-order valence-corrected chi connectivity index (χ1v) is 8.01. The average Bonchev–Trinajstić information content (AvgIpc) is 3.18. The molecule has 1 N–H and O–H groups in total. The normalized spacial score (nSPS) is 18.9. The van der Waals surface area contributed by atoms with Crippen molar-refractivity contribution in [3.63, 3.8) is 0 Å². The number of hydrogen-bond donors (Lipinski definition) is 1. The molecule has 0 radical (unpaired) electrons. The number of carbonyl (C=O) groups excluding carboxylic acids is 1. The van der Waals surface area contributed by atoms with E-state index in [1.54, 1.807) is 6.26 Å². The molecular weight excluding hydrogens is 288 g/mol. The Balaban J connectivity index is 1.62. The molecule has 2 aromatic heterocycles. The van der Waals surface area contributed by atoms with Crippen LogP contribution in [0.2, 0.25) is 0 Å². The highest BCUT2D eigenvalue weighted by Gasteiger charge is 2.23. The molecule has 1 saturated heterocycles. The number of carbonyl (C=O) groups is 1. The molecule has 3 rings (SSSR count). The van der Waals surface area contributed by atoms with Gasteiger partial charge in [0.25, 0.3) is 0 Å². The maximum Gasteiger partial charge on any atom is 0.228 e. The molecule has 0 aromatic carbocycles. The number of aromatic nitrogens is 1. The van der Waals surface area contributed by atoms with E-state index >= 15 is 0 Å². The zero-order chi connectivity index (χ0) is 14.7. The number of thiazole rings is 1.